The Kier molecular flexibility index (Phi) is 9.71. The molecule has 2 aromatic rings. The third-order valence-electron chi connectivity index (χ3n) is 5.18. The molecule has 2 atom stereocenters. The lowest BCUT2D eigenvalue weighted by molar-refractivity contribution is -0.165. The van der Waals surface area contributed by atoms with Crippen LogP contribution < -0.4 is 15.5 Å². The summed E-state index contributed by atoms with van der Waals surface area (Å²) in [6, 6.07) is 7.69. The monoisotopic (exact) mass is 489 g/mol. The number of benzene rings is 1. The number of carbonyl (C=O) groups excluding carboxylic acids is 1. The molecule has 1 fully saturated rings. The molecule has 13 nitrogen and oxygen atoms in total. The number of aromatic nitrogens is 1. The number of aliphatic carboxylic acids is 2. The van der Waals surface area contributed by atoms with Crippen LogP contribution in [0.5, 0.6) is 0 Å². The SMILES string of the molecule is Cc1noc(C)c1CC(=O)Nc1ccc(N2CCNCC2)c(C#N)c1.O=C(O)[C@@H](O)[C@H](O)C(=O)O. The molecule has 0 unspecified atom stereocenters. The van der Waals surface area contributed by atoms with Crippen molar-refractivity contribution in [3.05, 3.63) is 40.8 Å². The number of anilines is 2. The topological polar surface area (TPSA) is 209 Å². The number of carbonyl (C=O) groups is 3. The molecule has 2 heterocycles. The van der Waals surface area contributed by atoms with Gasteiger partial charge in [-0.05, 0) is 32.0 Å². The fraction of sp³-hybridized carbons (Fsp3) is 0.409. The zero-order chi connectivity index (χ0) is 26.1. The Bertz CT molecular complexity index is 1070. The molecular weight excluding hydrogens is 462 g/mol. The van der Waals surface area contributed by atoms with Crippen molar-refractivity contribution in [1.29, 1.82) is 5.26 Å². The highest BCUT2D eigenvalue weighted by Gasteiger charge is 2.29. The van der Waals surface area contributed by atoms with Crippen molar-refractivity contribution in [2.75, 3.05) is 36.4 Å². The van der Waals surface area contributed by atoms with Crippen molar-refractivity contribution in [2.45, 2.75) is 32.5 Å². The summed E-state index contributed by atoms with van der Waals surface area (Å²) >= 11 is 0. The smallest absolute Gasteiger partial charge is 0.335 e. The Morgan fingerprint density at radius 2 is 1.77 bits per heavy atom. The van der Waals surface area contributed by atoms with Crippen molar-refractivity contribution in [3.63, 3.8) is 0 Å². The van der Waals surface area contributed by atoms with Gasteiger partial charge in [0, 0.05) is 37.4 Å². The van der Waals surface area contributed by atoms with E-state index in [1.165, 1.54) is 0 Å². The summed E-state index contributed by atoms with van der Waals surface area (Å²) in [5.74, 6) is -3.04. The first kappa shape index (κ1) is 27.3. The van der Waals surface area contributed by atoms with Gasteiger partial charge in [0.25, 0.3) is 0 Å². The van der Waals surface area contributed by atoms with Crippen molar-refractivity contribution in [1.82, 2.24) is 10.5 Å². The summed E-state index contributed by atoms with van der Waals surface area (Å²) in [7, 11) is 0. The van der Waals surface area contributed by atoms with E-state index in [1.54, 1.807) is 13.0 Å². The van der Waals surface area contributed by atoms with E-state index in [1.807, 2.05) is 19.1 Å². The van der Waals surface area contributed by atoms with E-state index in [9.17, 15) is 19.6 Å². The summed E-state index contributed by atoms with van der Waals surface area (Å²) in [6.07, 6.45) is -4.34. The highest BCUT2D eigenvalue weighted by molar-refractivity contribution is 5.93. The molecule has 0 saturated carbocycles. The standard InChI is InChI=1S/C18H21N5O2.C4H6O6/c1-12-16(13(2)25-22-12)10-18(24)21-15-3-4-17(14(9-15)11-19)23-7-5-20-6-8-23;5-1(3(7)8)2(6)4(9)10/h3-4,9,20H,5-8,10H2,1-2H3,(H,21,24);1-2,5-6H,(H,7,8)(H,9,10)/t;1-,2-/m.0/s1. The van der Waals surface area contributed by atoms with Gasteiger partial charge in [0.1, 0.15) is 11.8 Å². The van der Waals surface area contributed by atoms with Crippen molar-refractivity contribution < 1.29 is 39.3 Å². The zero-order valence-corrected chi connectivity index (χ0v) is 19.2. The van der Waals surface area contributed by atoms with Gasteiger partial charge < -0.3 is 40.5 Å². The maximum absolute atomic E-state index is 12.3. The normalized spacial score (nSPS) is 14.7. The molecule has 1 aromatic heterocycles. The molecule has 6 N–H and O–H groups in total. The largest absolute Gasteiger partial charge is 0.479 e. The first-order chi connectivity index (χ1) is 16.5. The average molecular weight is 489 g/mol. The van der Waals surface area contributed by atoms with Crippen LogP contribution in [0, 0.1) is 25.2 Å². The average Bonchev–Trinajstić information content (AvgIpc) is 3.15. The number of nitriles is 1. The van der Waals surface area contributed by atoms with E-state index in [2.05, 4.69) is 26.8 Å². The Morgan fingerprint density at radius 3 is 2.26 bits per heavy atom. The molecule has 0 radical (unpaired) electrons. The summed E-state index contributed by atoms with van der Waals surface area (Å²) in [5, 5.41) is 52.0. The number of aliphatic hydroxyl groups excluding tert-OH is 2. The van der Waals surface area contributed by atoms with Gasteiger partial charge in [-0.3, -0.25) is 4.79 Å². The predicted octanol–water partition coefficient (Wildman–Crippen LogP) is -0.369. The maximum atomic E-state index is 12.3. The van der Waals surface area contributed by atoms with Crippen LogP contribution in [0.1, 0.15) is 22.6 Å². The van der Waals surface area contributed by atoms with Crippen LogP contribution in [0.2, 0.25) is 0 Å². The molecular formula is C22H27N5O8. The predicted molar refractivity (Wildman–Crippen MR) is 122 cm³/mol. The molecule has 13 heteroatoms. The van der Waals surface area contributed by atoms with Gasteiger partial charge in [0.2, 0.25) is 5.91 Å². The quantitative estimate of drug-likeness (QED) is 0.294. The van der Waals surface area contributed by atoms with Crippen molar-refractivity contribution in [3.8, 4) is 6.07 Å². The summed E-state index contributed by atoms with van der Waals surface area (Å²) in [6.45, 7) is 7.15. The van der Waals surface area contributed by atoms with Crippen LogP contribution in [0.3, 0.4) is 0 Å². The van der Waals surface area contributed by atoms with Crippen molar-refractivity contribution >= 4 is 29.2 Å². The van der Waals surface area contributed by atoms with E-state index in [-0.39, 0.29) is 12.3 Å². The van der Waals surface area contributed by atoms with Crippen LogP contribution in [0.15, 0.2) is 22.7 Å². The number of aryl methyl sites for hydroxylation is 2. The van der Waals surface area contributed by atoms with Gasteiger partial charge in [-0.15, -0.1) is 0 Å². The Labute approximate surface area is 200 Å². The lowest BCUT2D eigenvalue weighted by Gasteiger charge is -2.30. The summed E-state index contributed by atoms with van der Waals surface area (Å²) < 4.78 is 5.08. The maximum Gasteiger partial charge on any atom is 0.335 e. The number of nitrogens with zero attached hydrogens (tertiary/aromatic N) is 3. The number of carboxylic acids is 2. The van der Waals surface area contributed by atoms with E-state index in [4.69, 9.17) is 24.9 Å². The second-order valence-corrected chi connectivity index (χ2v) is 7.67. The number of rotatable bonds is 7. The Morgan fingerprint density at radius 1 is 1.17 bits per heavy atom. The molecule has 1 aromatic carbocycles. The van der Waals surface area contributed by atoms with Gasteiger partial charge in [-0.2, -0.15) is 5.26 Å². The van der Waals surface area contributed by atoms with E-state index in [0.29, 0.717) is 17.0 Å². The molecule has 1 aliphatic heterocycles. The van der Waals surface area contributed by atoms with Gasteiger partial charge in [0.05, 0.1) is 23.4 Å². The van der Waals surface area contributed by atoms with Crippen LogP contribution in [-0.2, 0) is 20.8 Å². The molecule has 35 heavy (non-hydrogen) atoms. The Balaban J connectivity index is 0.000000367. The van der Waals surface area contributed by atoms with Gasteiger partial charge in [-0.1, -0.05) is 5.16 Å². The number of hydrogen-bond donors (Lipinski definition) is 6. The molecule has 1 aliphatic rings. The van der Waals surface area contributed by atoms with Gasteiger partial charge >= 0.3 is 11.9 Å². The highest BCUT2D eigenvalue weighted by atomic mass is 16.5. The number of nitrogens with one attached hydrogen (secondary N) is 2. The molecule has 1 amide bonds. The molecule has 0 aliphatic carbocycles. The molecule has 188 valence electrons. The molecule has 3 rings (SSSR count). The van der Waals surface area contributed by atoms with Crippen LogP contribution in [0.4, 0.5) is 11.4 Å². The van der Waals surface area contributed by atoms with E-state index >= 15 is 0 Å². The third kappa shape index (κ3) is 7.51. The zero-order valence-electron chi connectivity index (χ0n) is 19.2. The van der Waals surface area contributed by atoms with Crippen LogP contribution >= 0.6 is 0 Å². The molecule has 0 bridgehead atoms. The van der Waals surface area contributed by atoms with E-state index < -0.39 is 24.1 Å². The number of aliphatic hydroxyl groups is 2. The van der Waals surface area contributed by atoms with E-state index in [0.717, 1.165) is 43.1 Å². The summed E-state index contributed by atoms with van der Waals surface area (Å²) in [5.41, 5.74) is 3.62. The van der Waals surface area contributed by atoms with Crippen molar-refractivity contribution in [2.24, 2.45) is 0 Å². The molecule has 0 spiro atoms. The van der Waals surface area contributed by atoms with Crippen LogP contribution in [0.25, 0.3) is 0 Å². The molecule has 1 saturated heterocycles. The lowest BCUT2D eigenvalue weighted by atomic mass is 10.1. The number of amides is 1. The third-order valence-corrected chi connectivity index (χ3v) is 5.18. The number of piperazine rings is 1. The minimum Gasteiger partial charge on any atom is -0.479 e. The van der Waals surface area contributed by atoms with Crippen LogP contribution in [-0.4, -0.2) is 81.8 Å². The fourth-order valence-electron chi connectivity index (χ4n) is 3.27. The number of carboxylic acid groups (broad SMARTS) is 2. The first-order valence-corrected chi connectivity index (χ1v) is 10.6. The van der Waals surface area contributed by atoms with Gasteiger partial charge in [-0.25, -0.2) is 9.59 Å². The minimum absolute atomic E-state index is 0.159. The summed E-state index contributed by atoms with van der Waals surface area (Å²) in [4.78, 5) is 34.0. The second-order valence-electron chi connectivity index (χ2n) is 7.67. The lowest BCUT2D eigenvalue weighted by Crippen LogP contribution is -2.43. The highest BCUT2D eigenvalue weighted by Crippen LogP contribution is 2.24. The first-order valence-electron chi connectivity index (χ1n) is 10.6. The minimum atomic E-state index is -2.27. The Hall–Kier alpha value is -3.99. The second kappa shape index (κ2) is 12.5. The fourth-order valence-corrected chi connectivity index (χ4v) is 3.27. The number of hydrogen-bond acceptors (Lipinski definition) is 10. The van der Waals surface area contributed by atoms with Gasteiger partial charge in [0.15, 0.2) is 12.2 Å².